The average molecular weight is 594 g/mol. The fraction of sp³-hybridized carbons (Fsp3) is 0.636. The van der Waals surface area contributed by atoms with Gasteiger partial charge in [0, 0.05) is 37.6 Å². The summed E-state index contributed by atoms with van der Waals surface area (Å²) in [5, 5.41) is 13.1. The van der Waals surface area contributed by atoms with E-state index < -0.39 is 17.3 Å². The molecule has 0 radical (unpaired) electrons. The molecule has 3 amide bonds. The molecule has 2 unspecified atom stereocenters. The Bertz CT molecular complexity index is 1390. The molecule has 9 nitrogen and oxygen atoms in total. The van der Waals surface area contributed by atoms with Crippen LogP contribution in [0.1, 0.15) is 87.7 Å². The largest absolute Gasteiger partial charge is 0.380 e. The van der Waals surface area contributed by atoms with Gasteiger partial charge in [-0.15, -0.1) is 0 Å². The lowest BCUT2D eigenvalue weighted by Crippen LogP contribution is -2.54. The van der Waals surface area contributed by atoms with Gasteiger partial charge in [0.2, 0.25) is 11.8 Å². The van der Waals surface area contributed by atoms with Crippen LogP contribution in [0.5, 0.6) is 0 Å². The number of hydrogen-bond acceptors (Lipinski definition) is 5. The van der Waals surface area contributed by atoms with Gasteiger partial charge in [-0.25, -0.2) is 4.39 Å². The fourth-order valence-electron chi connectivity index (χ4n) is 7.40. The number of aromatic nitrogens is 2. The smallest absolute Gasteiger partial charge is 0.270 e. The normalized spacial score (nSPS) is 25.1. The third-order valence-corrected chi connectivity index (χ3v) is 10.9. The molecule has 3 N–H and O–H groups in total. The van der Waals surface area contributed by atoms with E-state index in [0.717, 1.165) is 51.4 Å². The topological polar surface area (TPSA) is 114 Å². The fourth-order valence-corrected chi connectivity index (χ4v) is 7.40. The summed E-state index contributed by atoms with van der Waals surface area (Å²) in [6.45, 7) is 5.42. The molecule has 2 heterocycles. The number of hydrogen-bond donors (Lipinski definition) is 3. The van der Waals surface area contributed by atoms with Gasteiger partial charge in [0.15, 0.2) is 0 Å². The molecule has 10 heteroatoms. The summed E-state index contributed by atoms with van der Waals surface area (Å²) in [4.78, 5) is 40.7. The van der Waals surface area contributed by atoms with Gasteiger partial charge in [0.25, 0.3) is 5.91 Å². The highest BCUT2D eigenvalue weighted by molar-refractivity contribution is 6.01. The number of amides is 3. The summed E-state index contributed by atoms with van der Waals surface area (Å²) < 4.78 is 22.9. The number of aryl methyl sites for hydroxylation is 1. The van der Waals surface area contributed by atoms with Crippen molar-refractivity contribution in [3.63, 3.8) is 0 Å². The number of halogens is 1. The van der Waals surface area contributed by atoms with E-state index in [1.807, 2.05) is 0 Å². The van der Waals surface area contributed by atoms with Crippen molar-refractivity contribution in [2.75, 3.05) is 25.1 Å². The highest BCUT2D eigenvalue weighted by atomic mass is 19.1. The standard InChI is InChI=1S/C33H44FN5O4/c1-31(11-5-12-31)19-35-30(42)33(15-17-43-20-33)23-9-8-22(18-24(23)34)37-29(41)27(38-28(40)25-10-16-36-39(25)3)26(21-6-4-7-21)32(2)13-14-32/h8-10,16,18,21,26-27H,4-7,11-15,17,19-20H2,1-3H3,(H,35,42)(H,37,41)(H,38,40)/t26?,27-,33?/m0/s1. The minimum atomic E-state index is -1.11. The first kappa shape index (κ1) is 29.8. The van der Waals surface area contributed by atoms with Crippen LogP contribution in [-0.2, 0) is 26.8 Å². The molecular formula is C33H44FN5O4. The van der Waals surface area contributed by atoms with Gasteiger partial charge in [0.1, 0.15) is 23.0 Å². The summed E-state index contributed by atoms with van der Waals surface area (Å²) >= 11 is 0. The summed E-state index contributed by atoms with van der Waals surface area (Å²) in [6, 6.07) is 5.37. The molecule has 4 fully saturated rings. The minimum Gasteiger partial charge on any atom is -0.380 e. The Morgan fingerprint density at radius 1 is 1.09 bits per heavy atom. The molecule has 3 saturated carbocycles. The van der Waals surface area contributed by atoms with Gasteiger partial charge < -0.3 is 20.7 Å². The van der Waals surface area contributed by atoms with E-state index in [1.165, 1.54) is 10.7 Å². The van der Waals surface area contributed by atoms with E-state index in [2.05, 4.69) is 34.9 Å². The highest BCUT2D eigenvalue weighted by Crippen LogP contribution is 2.58. The molecule has 3 aliphatic carbocycles. The van der Waals surface area contributed by atoms with Crippen LogP contribution in [0.15, 0.2) is 30.5 Å². The van der Waals surface area contributed by atoms with E-state index in [0.29, 0.717) is 31.2 Å². The predicted molar refractivity (Wildman–Crippen MR) is 160 cm³/mol. The molecule has 1 saturated heterocycles. The van der Waals surface area contributed by atoms with Crippen LogP contribution in [0.2, 0.25) is 0 Å². The van der Waals surface area contributed by atoms with Crippen molar-refractivity contribution in [3.8, 4) is 0 Å². The van der Waals surface area contributed by atoms with E-state index >= 15 is 4.39 Å². The van der Waals surface area contributed by atoms with Crippen LogP contribution in [0.25, 0.3) is 0 Å². The number of anilines is 1. The lowest BCUT2D eigenvalue weighted by atomic mass is 9.66. The highest BCUT2D eigenvalue weighted by Gasteiger charge is 2.54. The van der Waals surface area contributed by atoms with Crippen LogP contribution in [0, 0.1) is 28.5 Å². The second kappa shape index (κ2) is 11.3. The number of nitrogens with zero attached hydrogens (tertiary/aromatic N) is 2. The monoisotopic (exact) mass is 593 g/mol. The van der Waals surface area contributed by atoms with Crippen LogP contribution in [-0.4, -0.2) is 53.3 Å². The number of carbonyl (C=O) groups is 3. The average Bonchev–Trinajstić information content (AvgIpc) is 3.29. The van der Waals surface area contributed by atoms with Crippen molar-refractivity contribution in [2.45, 2.75) is 83.1 Å². The molecule has 1 aliphatic heterocycles. The maximum atomic E-state index is 15.8. The molecule has 1 aromatic heterocycles. The number of rotatable bonds is 11. The Morgan fingerprint density at radius 3 is 2.40 bits per heavy atom. The summed E-state index contributed by atoms with van der Waals surface area (Å²) in [5.74, 6) is -1.18. The van der Waals surface area contributed by atoms with Crippen molar-refractivity contribution in [3.05, 3.63) is 47.5 Å². The first-order chi connectivity index (χ1) is 20.5. The Kier molecular flexibility index (Phi) is 7.85. The van der Waals surface area contributed by atoms with Gasteiger partial charge in [-0.3, -0.25) is 19.1 Å². The van der Waals surface area contributed by atoms with Gasteiger partial charge in [-0.1, -0.05) is 45.6 Å². The molecule has 0 spiro atoms. The van der Waals surface area contributed by atoms with Crippen molar-refractivity contribution < 1.29 is 23.5 Å². The second-order valence-corrected chi connectivity index (χ2v) is 14.1. The molecule has 232 valence electrons. The van der Waals surface area contributed by atoms with Crippen LogP contribution in [0.4, 0.5) is 10.1 Å². The van der Waals surface area contributed by atoms with Gasteiger partial charge in [0.05, 0.1) is 6.61 Å². The third-order valence-electron chi connectivity index (χ3n) is 10.9. The van der Waals surface area contributed by atoms with Gasteiger partial charge in [-0.05, 0) is 73.0 Å². The Balaban J connectivity index is 1.22. The number of carbonyl (C=O) groups excluding carboxylic acids is 3. The van der Waals surface area contributed by atoms with Gasteiger partial charge >= 0.3 is 0 Å². The van der Waals surface area contributed by atoms with Gasteiger partial charge in [-0.2, -0.15) is 5.10 Å². The van der Waals surface area contributed by atoms with Crippen LogP contribution >= 0.6 is 0 Å². The molecule has 43 heavy (non-hydrogen) atoms. The number of ether oxygens (including phenoxy) is 1. The molecular weight excluding hydrogens is 549 g/mol. The van der Waals surface area contributed by atoms with E-state index in [4.69, 9.17) is 4.74 Å². The van der Waals surface area contributed by atoms with Crippen molar-refractivity contribution in [2.24, 2.45) is 29.7 Å². The minimum absolute atomic E-state index is 0.0253. The lowest BCUT2D eigenvalue weighted by molar-refractivity contribution is -0.127. The SMILES string of the molecule is Cn1nccc1C(=O)N[C@H](C(=O)Nc1ccc(C2(C(=O)NCC3(C)CCC3)CCOC2)c(F)c1)C(C1CCC1)C1(C)CC1. The maximum absolute atomic E-state index is 15.8. The summed E-state index contributed by atoms with van der Waals surface area (Å²) in [5.41, 5.74) is -0.104. The Labute approximate surface area is 252 Å². The zero-order valence-electron chi connectivity index (χ0n) is 25.5. The lowest BCUT2D eigenvalue weighted by Gasteiger charge is -2.42. The Morgan fingerprint density at radius 2 is 1.86 bits per heavy atom. The molecule has 3 atom stereocenters. The van der Waals surface area contributed by atoms with E-state index in [-0.39, 0.29) is 52.3 Å². The van der Waals surface area contributed by atoms with Crippen molar-refractivity contribution >= 4 is 23.4 Å². The first-order valence-electron chi connectivity index (χ1n) is 15.8. The van der Waals surface area contributed by atoms with Crippen LogP contribution < -0.4 is 16.0 Å². The quantitative estimate of drug-likeness (QED) is 0.356. The van der Waals surface area contributed by atoms with Crippen LogP contribution in [0.3, 0.4) is 0 Å². The first-order valence-corrected chi connectivity index (χ1v) is 15.8. The third kappa shape index (κ3) is 5.70. The molecule has 0 bridgehead atoms. The van der Waals surface area contributed by atoms with Crippen molar-refractivity contribution in [1.82, 2.24) is 20.4 Å². The maximum Gasteiger partial charge on any atom is 0.270 e. The molecule has 2 aromatic rings. The molecule has 1 aromatic carbocycles. The summed E-state index contributed by atoms with van der Waals surface area (Å²) in [7, 11) is 1.69. The van der Waals surface area contributed by atoms with Crippen molar-refractivity contribution in [1.29, 1.82) is 0 Å². The second-order valence-electron chi connectivity index (χ2n) is 14.1. The Hall–Kier alpha value is -3.27. The number of benzene rings is 1. The summed E-state index contributed by atoms with van der Waals surface area (Å²) in [6.07, 6.45) is 10.4. The number of nitrogens with one attached hydrogen (secondary N) is 3. The zero-order chi connectivity index (χ0) is 30.4. The zero-order valence-corrected chi connectivity index (χ0v) is 25.5. The van der Waals surface area contributed by atoms with E-state index in [1.54, 1.807) is 31.4 Å². The molecule has 6 rings (SSSR count). The van der Waals surface area contributed by atoms with E-state index in [9.17, 15) is 14.4 Å². The predicted octanol–water partition coefficient (Wildman–Crippen LogP) is 4.48. The molecule has 4 aliphatic rings.